The molecule has 0 aromatic carbocycles. The standard InChI is InChI=1S/C9H11ClN2O/c10-7-1-2-9(12-5-7)13-8-3-4-11-6-8/h1-2,5,8,11H,3-4,6H2. The molecule has 4 heteroatoms. The largest absolute Gasteiger partial charge is 0.473 e. The minimum atomic E-state index is 0.258. The van der Waals surface area contributed by atoms with Crippen LogP contribution in [0.5, 0.6) is 5.88 Å². The van der Waals surface area contributed by atoms with Gasteiger partial charge in [-0.3, -0.25) is 0 Å². The second-order valence-electron chi connectivity index (χ2n) is 3.05. The molecule has 13 heavy (non-hydrogen) atoms. The van der Waals surface area contributed by atoms with E-state index in [1.165, 1.54) is 0 Å². The lowest BCUT2D eigenvalue weighted by molar-refractivity contribution is 0.214. The Labute approximate surface area is 82.1 Å². The van der Waals surface area contributed by atoms with Gasteiger partial charge in [-0.2, -0.15) is 0 Å². The van der Waals surface area contributed by atoms with E-state index in [0.717, 1.165) is 19.5 Å². The lowest BCUT2D eigenvalue weighted by Gasteiger charge is -2.10. The summed E-state index contributed by atoms with van der Waals surface area (Å²) in [7, 11) is 0. The predicted octanol–water partition coefficient (Wildman–Crippen LogP) is 1.48. The molecule has 1 aromatic rings. The number of nitrogens with one attached hydrogen (secondary N) is 1. The molecule has 0 aliphatic carbocycles. The average Bonchev–Trinajstić information content (AvgIpc) is 2.62. The maximum atomic E-state index is 5.70. The van der Waals surface area contributed by atoms with Crippen molar-refractivity contribution in [1.29, 1.82) is 0 Å². The Hall–Kier alpha value is -0.800. The maximum Gasteiger partial charge on any atom is 0.213 e. The molecule has 1 N–H and O–H groups in total. The summed E-state index contributed by atoms with van der Waals surface area (Å²) in [5, 5.41) is 3.86. The number of rotatable bonds is 2. The number of pyridine rings is 1. The van der Waals surface area contributed by atoms with Crippen molar-refractivity contribution in [2.45, 2.75) is 12.5 Å². The molecule has 0 bridgehead atoms. The van der Waals surface area contributed by atoms with Gasteiger partial charge >= 0.3 is 0 Å². The molecule has 1 aliphatic heterocycles. The first kappa shape index (κ1) is 8.78. The van der Waals surface area contributed by atoms with E-state index in [1.807, 2.05) is 0 Å². The highest BCUT2D eigenvalue weighted by molar-refractivity contribution is 6.30. The second kappa shape index (κ2) is 3.94. The van der Waals surface area contributed by atoms with Crippen molar-refractivity contribution < 1.29 is 4.74 Å². The van der Waals surface area contributed by atoms with Crippen LogP contribution in [0.1, 0.15) is 6.42 Å². The lowest BCUT2D eigenvalue weighted by Crippen LogP contribution is -2.19. The van der Waals surface area contributed by atoms with Gasteiger partial charge in [-0.25, -0.2) is 4.98 Å². The summed E-state index contributed by atoms with van der Waals surface area (Å²) >= 11 is 5.70. The molecule has 70 valence electrons. The topological polar surface area (TPSA) is 34.1 Å². The normalized spacial score (nSPS) is 21.8. The average molecular weight is 199 g/mol. The summed E-state index contributed by atoms with van der Waals surface area (Å²) in [5.41, 5.74) is 0. The van der Waals surface area contributed by atoms with Crippen LogP contribution in [0.15, 0.2) is 18.3 Å². The van der Waals surface area contributed by atoms with Crippen molar-refractivity contribution in [3.63, 3.8) is 0 Å². The van der Waals surface area contributed by atoms with Crippen molar-refractivity contribution in [3.8, 4) is 5.88 Å². The van der Waals surface area contributed by atoms with Gasteiger partial charge in [0.25, 0.3) is 0 Å². The fourth-order valence-electron chi connectivity index (χ4n) is 1.33. The Balaban J connectivity index is 1.97. The van der Waals surface area contributed by atoms with Crippen LogP contribution in [0.25, 0.3) is 0 Å². The highest BCUT2D eigenvalue weighted by atomic mass is 35.5. The van der Waals surface area contributed by atoms with Gasteiger partial charge in [0.1, 0.15) is 6.10 Å². The van der Waals surface area contributed by atoms with Crippen LogP contribution in [0, 0.1) is 0 Å². The molecule has 0 saturated carbocycles. The Kier molecular flexibility index (Phi) is 2.66. The fraction of sp³-hybridized carbons (Fsp3) is 0.444. The van der Waals surface area contributed by atoms with Gasteiger partial charge in [0.2, 0.25) is 5.88 Å². The van der Waals surface area contributed by atoms with Crippen molar-refractivity contribution >= 4 is 11.6 Å². The first-order valence-corrected chi connectivity index (χ1v) is 4.71. The molecule has 2 rings (SSSR count). The molecule has 3 nitrogen and oxygen atoms in total. The zero-order valence-corrected chi connectivity index (χ0v) is 7.92. The van der Waals surface area contributed by atoms with Crippen molar-refractivity contribution in [3.05, 3.63) is 23.4 Å². The minimum absolute atomic E-state index is 0.258. The first-order valence-electron chi connectivity index (χ1n) is 4.33. The van der Waals surface area contributed by atoms with Crippen LogP contribution < -0.4 is 10.1 Å². The van der Waals surface area contributed by atoms with E-state index in [9.17, 15) is 0 Å². The van der Waals surface area contributed by atoms with E-state index >= 15 is 0 Å². The lowest BCUT2D eigenvalue weighted by atomic mass is 10.3. The number of nitrogens with zero attached hydrogens (tertiary/aromatic N) is 1. The predicted molar refractivity (Wildman–Crippen MR) is 51.1 cm³/mol. The maximum absolute atomic E-state index is 5.70. The molecule has 1 saturated heterocycles. The zero-order valence-electron chi connectivity index (χ0n) is 7.16. The summed E-state index contributed by atoms with van der Waals surface area (Å²) in [6.07, 6.45) is 2.90. The molecular formula is C9H11ClN2O. The molecule has 0 spiro atoms. The molecular weight excluding hydrogens is 188 g/mol. The van der Waals surface area contributed by atoms with Crippen LogP contribution in [-0.2, 0) is 0 Å². The Morgan fingerprint density at radius 2 is 2.46 bits per heavy atom. The fourth-order valence-corrected chi connectivity index (χ4v) is 1.44. The number of hydrogen-bond donors (Lipinski definition) is 1. The van der Waals surface area contributed by atoms with Crippen LogP contribution in [0.4, 0.5) is 0 Å². The number of ether oxygens (including phenoxy) is 1. The molecule has 1 aromatic heterocycles. The second-order valence-corrected chi connectivity index (χ2v) is 3.48. The summed E-state index contributed by atoms with van der Waals surface area (Å²) in [5.74, 6) is 0.651. The third-order valence-electron chi connectivity index (χ3n) is 2.00. The monoisotopic (exact) mass is 198 g/mol. The van der Waals surface area contributed by atoms with Gasteiger partial charge < -0.3 is 10.1 Å². The highest BCUT2D eigenvalue weighted by Crippen LogP contribution is 2.14. The van der Waals surface area contributed by atoms with Crippen LogP contribution in [0.3, 0.4) is 0 Å². The third-order valence-corrected chi connectivity index (χ3v) is 2.23. The quantitative estimate of drug-likeness (QED) is 0.782. The van der Waals surface area contributed by atoms with Gasteiger partial charge in [0.15, 0.2) is 0 Å². The molecule has 2 heterocycles. The van der Waals surface area contributed by atoms with Crippen LogP contribution in [-0.4, -0.2) is 24.2 Å². The molecule has 1 aliphatic rings. The number of aromatic nitrogens is 1. The van der Waals surface area contributed by atoms with E-state index in [0.29, 0.717) is 10.9 Å². The zero-order chi connectivity index (χ0) is 9.10. The molecule has 1 unspecified atom stereocenters. The van der Waals surface area contributed by atoms with E-state index < -0.39 is 0 Å². The molecule has 1 atom stereocenters. The summed E-state index contributed by atoms with van der Waals surface area (Å²) in [4.78, 5) is 4.06. The van der Waals surface area contributed by atoms with E-state index in [2.05, 4.69) is 10.3 Å². The van der Waals surface area contributed by atoms with E-state index in [4.69, 9.17) is 16.3 Å². The highest BCUT2D eigenvalue weighted by Gasteiger charge is 2.15. The SMILES string of the molecule is Clc1ccc(OC2CCNC2)nc1. The van der Waals surface area contributed by atoms with Gasteiger partial charge in [0, 0.05) is 18.8 Å². The summed E-state index contributed by atoms with van der Waals surface area (Å²) < 4.78 is 5.60. The van der Waals surface area contributed by atoms with Crippen LogP contribution in [0.2, 0.25) is 5.02 Å². The van der Waals surface area contributed by atoms with Gasteiger partial charge in [-0.15, -0.1) is 0 Å². The molecule has 1 fully saturated rings. The van der Waals surface area contributed by atoms with Crippen molar-refractivity contribution in [1.82, 2.24) is 10.3 Å². The Bertz CT molecular complexity index is 269. The van der Waals surface area contributed by atoms with Crippen LogP contribution >= 0.6 is 11.6 Å². The van der Waals surface area contributed by atoms with Gasteiger partial charge in [-0.1, -0.05) is 11.6 Å². The third kappa shape index (κ3) is 2.32. The van der Waals surface area contributed by atoms with Gasteiger partial charge in [0.05, 0.1) is 5.02 Å². The van der Waals surface area contributed by atoms with E-state index in [1.54, 1.807) is 18.3 Å². The molecule has 0 amide bonds. The molecule has 0 radical (unpaired) electrons. The van der Waals surface area contributed by atoms with Gasteiger partial charge in [-0.05, 0) is 19.0 Å². The summed E-state index contributed by atoms with van der Waals surface area (Å²) in [6.45, 7) is 1.93. The first-order chi connectivity index (χ1) is 6.34. The van der Waals surface area contributed by atoms with E-state index in [-0.39, 0.29) is 6.10 Å². The number of halogens is 1. The smallest absolute Gasteiger partial charge is 0.213 e. The number of hydrogen-bond acceptors (Lipinski definition) is 3. The minimum Gasteiger partial charge on any atom is -0.473 e. The summed E-state index contributed by atoms with van der Waals surface area (Å²) in [6, 6.07) is 3.58. The van der Waals surface area contributed by atoms with Crippen molar-refractivity contribution in [2.24, 2.45) is 0 Å². The Morgan fingerprint density at radius 1 is 1.54 bits per heavy atom. The van der Waals surface area contributed by atoms with Crippen molar-refractivity contribution in [2.75, 3.05) is 13.1 Å². The Morgan fingerprint density at radius 3 is 3.08 bits per heavy atom.